The predicted octanol–water partition coefficient (Wildman–Crippen LogP) is 3.27. The number of halogens is 1. The van der Waals surface area contributed by atoms with Gasteiger partial charge in [0.15, 0.2) is 0 Å². The third-order valence-corrected chi connectivity index (χ3v) is 4.74. The molecule has 23 heavy (non-hydrogen) atoms. The van der Waals surface area contributed by atoms with Gasteiger partial charge in [-0.25, -0.2) is 4.79 Å². The van der Waals surface area contributed by atoms with Gasteiger partial charge in [-0.3, -0.25) is 4.79 Å². The van der Waals surface area contributed by atoms with Gasteiger partial charge < -0.3 is 15.2 Å². The lowest BCUT2D eigenvalue weighted by molar-refractivity contribution is -0.141. The van der Waals surface area contributed by atoms with E-state index < -0.39 is 22.7 Å². The van der Waals surface area contributed by atoms with Crippen molar-refractivity contribution in [3.8, 4) is 0 Å². The number of aliphatic carboxylic acids is 2. The molecule has 1 aliphatic carbocycles. The van der Waals surface area contributed by atoms with Crippen LogP contribution in [0, 0.1) is 5.92 Å². The zero-order valence-electron chi connectivity index (χ0n) is 12.2. The summed E-state index contributed by atoms with van der Waals surface area (Å²) in [5, 5.41) is 19.7. The number of carboxylic acid groups (broad SMARTS) is 2. The zero-order chi connectivity index (χ0) is 16.8. The lowest BCUT2D eigenvalue weighted by Crippen LogP contribution is -2.38. The van der Waals surface area contributed by atoms with Crippen LogP contribution in [0.25, 0.3) is 10.9 Å². The molecule has 6 heteroatoms. The van der Waals surface area contributed by atoms with Crippen LogP contribution >= 0.6 is 11.6 Å². The monoisotopic (exact) mass is 331 g/mol. The summed E-state index contributed by atoms with van der Waals surface area (Å²) in [6.07, 6.45) is 2.81. The first kappa shape index (κ1) is 15.4. The Morgan fingerprint density at radius 2 is 1.96 bits per heavy atom. The first-order valence-corrected chi connectivity index (χ1v) is 7.35. The minimum atomic E-state index is -1.37. The fourth-order valence-corrected chi connectivity index (χ4v) is 3.45. The molecule has 3 N–H and O–H groups in total. The SMILES string of the molecule is CC1=C(C(=O)O)C=CC(Cl)(c2cc3ccccc3[nH]2)C1C(=O)O. The molecule has 1 heterocycles. The maximum absolute atomic E-state index is 11.8. The van der Waals surface area contributed by atoms with E-state index in [4.69, 9.17) is 11.6 Å². The summed E-state index contributed by atoms with van der Waals surface area (Å²) in [5.41, 5.74) is 1.55. The van der Waals surface area contributed by atoms with E-state index in [0.29, 0.717) is 5.69 Å². The van der Waals surface area contributed by atoms with Crippen molar-refractivity contribution in [2.24, 2.45) is 5.92 Å². The number of carboxylic acids is 2. The molecule has 3 rings (SSSR count). The fraction of sp³-hybridized carbons (Fsp3) is 0.176. The van der Waals surface area contributed by atoms with Gasteiger partial charge >= 0.3 is 11.9 Å². The molecule has 0 spiro atoms. The van der Waals surface area contributed by atoms with Gasteiger partial charge in [0.25, 0.3) is 0 Å². The van der Waals surface area contributed by atoms with Crippen molar-refractivity contribution in [3.05, 3.63) is 59.3 Å². The molecule has 0 radical (unpaired) electrons. The first-order valence-electron chi connectivity index (χ1n) is 6.98. The van der Waals surface area contributed by atoms with Gasteiger partial charge in [0.05, 0.1) is 5.57 Å². The summed E-state index contributed by atoms with van der Waals surface area (Å²) in [5.74, 6) is -3.51. The van der Waals surface area contributed by atoms with E-state index in [9.17, 15) is 19.8 Å². The molecule has 2 unspecified atom stereocenters. The highest BCUT2D eigenvalue weighted by Gasteiger charge is 2.46. The summed E-state index contributed by atoms with van der Waals surface area (Å²) in [6, 6.07) is 9.29. The van der Waals surface area contributed by atoms with Crippen LogP contribution in [0.15, 0.2) is 53.6 Å². The Kier molecular flexibility index (Phi) is 3.53. The third-order valence-electron chi connectivity index (χ3n) is 4.19. The Morgan fingerprint density at radius 1 is 1.26 bits per heavy atom. The van der Waals surface area contributed by atoms with E-state index in [-0.39, 0.29) is 11.1 Å². The maximum Gasteiger partial charge on any atom is 0.335 e. The van der Waals surface area contributed by atoms with Crippen molar-refractivity contribution in [1.82, 2.24) is 4.98 Å². The molecule has 0 fully saturated rings. The molecule has 1 aliphatic rings. The second kappa shape index (κ2) is 5.28. The van der Waals surface area contributed by atoms with Crippen molar-refractivity contribution in [2.45, 2.75) is 11.8 Å². The van der Waals surface area contributed by atoms with Crippen LogP contribution in [-0.4, -0.2) is 27.1 Å². The van der Waals surface area contributed by atoms with E-state index in [1.165, 1.54) is 19.1 Å². The normalized spacial score (nSPS) is 24.2. The second-order valence-corrected chi connectivity index (χ2v) is 6.17. The van der Waals surface area contributed by atoms with Gasteiger partial charge in [0.2, 0.25) is 0 Å². The average molecular weight is 332 g/mol. The first-order chi connectivity index (χ1) is 10.8. The second-order valence-electron chi connectivity index (χ2n) is 5.54. The van der Waals surface area contributed by atoms with Crippen LogP contribution in [0.2, 0.25) is 0 Å². The van der Waals surface area contributed by atoms with E-state index in [0.717, 1.165) is 10.9 Å². The Balaban J connectivity index is 2.18. The fourth-order valence-electron chi connectivity index (χ4n) is 3.03. The number of H-pyrrole nitrogens is 1. The van der Waals surface area contributed by atoms with Gasteiger partial charge in [0.1, 0.15) is 10.8 Å². The summed E-state index contributed by atoms with van der Waals surface area (Å²) < 4.78 is 0. The van der Waals surface area contributed by atoms with Crippen molar-refractivity contribution in [3.63, 3.8) is 0 Å². The topological polar surface area (TPSA) is 90.4 Å². The molecule has 1 aromatic carbocycles. The molecule has 0 saturated heterocycles. The molecular weight excluding hydrogens is 318 g/mol. The number of hydrogen-bond donors (Lipinski definition) is 3. The molecule has 0 aliphatic heterocycles. The number of fused-ring (bicyclic) bond motifs is 1. The van der Waals surface area contributed by atoms with Crippen LogP contribution in [0.3, 0.4) is 0 Å². The number of para-hydroxylation sites is 1. The van der Waals surface area contributed by atoms with E-state index in [2.05, 4.69) is 4.98 Å². The number of hydrogen-bond acceptors (Lipinski definition) is 2. The minimum absolute atomic E-state index is 0.0372. The van der Waals surface area contributed by atoms with Gasteiger partial charge in [-0.1, -0.05) is 24.3 Å². The number of nitrogens with one attached hydrogen (secondary N) is 1. The highest BCUT2D eigenvalue weighted by Crippen LogP contribution is 2.46. The van der Waals surface area contributed by atoms with Crippen molar-refractivity contribution in [1.29, 1.82) is 0 Å². The number of rotatable bonds is 3. The molecular formula is C17H14ClNO4. The third kappa shape index (κ3) is 2.33. The van der Waals surface area contributed by atoms with E-state index in [1.807, 2.05) is 24.3 Å². The average Bonchev–Trinajstić information content (AvgIpc) is 2.91. The van der Waals surface area contributed by atoms with Gasteiger partial charge in [0, 0.05) is 11.2 Å². The van der Waals surface area contributed by atoms with Crippen LogP contribution in [0.1, 0.15) is 12.6 Å². The van der Waals surface area contributed by atoms with Crippen LogP contribution in [0.5, 0.6) is 0 Å². The molecule has 1 aromatic heterocycles. The Morgan fingerprint density at radius 3 is 2.57 bits per heavy atom. The highest BCUT2D eigenvalue weighted by atomic mass is 35.5. The Bertz CT molecular complexity index is 847. The molecule has 0 bridgehead atoms. The Hall–Kier alpha value is -2.53. The molecule has 2 atom stereocenters. The van der Waals surface area contributed by atoms with Crippen LogP contribution < -0.4 is 0 Å². The molecule has 118 valence electrons. The smallest absolute Gasteiger partial charge is 0.335 e. The number of aromatic nitrogens is 1. The van der Waals surface area contributed by atoms with Crippen molar-refractivity contribution < 1.29 is 19.8 Å². The molecule has 0 saturated carbocycles. The molecule has 0 amide bonds. The van der Waals surface area contributed by atoms with E-state index in [1.54, 1.807) is 6.07 Å². The predicted molar refractivity (Wildman–Crippen MR) is 86.4 cm³/mol. The quantitative estimate of drug-likeness (QED) is 0.753. The van der Waals surface area contributed by atoms with Gasteiger partial charge in [-0.15, -0.1) is 11.6 Å². The summed E-state index contributed by atoms with van der Waals surface area (Å²) in [7, 11) is 0. The minimum Gasteiger partial charge on any atom is -0.481 e. The van der Waals surface area contributed by atoms with Crippen LogP contribution in [-0.2, 0) is 14.5 Å². The summed E-state index contributed by atoms with van der Waals surface area (Å²) >= 11 is 6.67. The molecule has 5 nitrogen and oxygen atoms in total. The lowest BCUT2D eigenvalue weighted by Gasteiger charge is -2.33. The lowest BCUT2D eigenvalue weighted by atomic mass is 9.77. The van der Waals surface area contributed by atoms with E-state index >= 15 is 0 Å². The summed E-state index contributed by atoms with van der Waals surface area (Å²) in [6.45, 7) is 1.49. The van der Waals surface area contributed by atoms with Crippen molar-refractivity contribution in [2.75, 3.05) is 0 Å². The van der Waals surface area contributed by atoms with Crippen molar-refractivity contribution >= 4 is 34.4 Å². The number of allylic oxidation sites excluding steroid dienone is 1. The van der Waals surface area contributed by atoms with Crippen LogP contribution in [0.4, 0.5) is 0 Å². The highest BCUT2D eigenvalue weighted by molar-refractivity contribution is 6.27. The standard InChI is InChI=1S/C17H14ClNO4/c1-9-11(15(20)21)6-7-17(18,14(9)16(22)23)13-8-10-4-2-3-5-12(10)19-13/h2-8,14,19H,1H3,(H,20,21)(H,22,23). The molecule has 2 aromatic rings. The number of benzene rings is 1. The van der Waals surface area contributed by atoms with Gasteiger partial charge in [-0.2, -0.15) is 0 Å². The number of aromatic amines is 1. The largest absolute Gasteiger partial charge is 0.481 e. The number of carbonyl (C=O) groups is 2. The Labute approximate surface area is 136 Å². The number of alkyl halides is 1. The van der Waals surface area contributed by atoms with Gasteiger partial charge in [-0.05, 0) is 36.1 Å². The maximum atomic E-state index is 11.8. The summed E-state index contributed by atoms with van der Waals surface area (Å²) in [4.78, 5) is 24.8. The zero-order valence-corrected chi connectivity index (χ0v) is 13.0.